The Labute approximate surface area is 205 Å². The number of methoxy groups -OCH3 is 1. The van der Waals surface area contributed by atoms with Crippen molar-refractivity contribution in [1.29, 1.82) is 0 Å². The Balaban J connectivity index is 0.00000193. The van der Waals surface area contributed by atoms with Gasteiger partial charge >= 0.3 is 6.18 Å². The predicted octanol–water partition coefficient (Wildman–Crippen LogP) is 5.47. The van der Waals surface area contributed by atoms with Gasteiger partial charge in [-0.05, 0) is 61.6 Å². The molecule has 2 heterocycles. The second-order valence-corrected chi connectivity index (χ2v) is 8.42. The fraction of sp³-hybridized carbons (Fsp3) is 0.500. The topological polar surface area (TPSA) is 42.5 Å². The lowest BCUT2D eigenvalue weighted by Gasteiger charge is -2.38. The predicted molar refractivity (Wildman–Crippen MR) is 128 cm³/mol. The minimum atomic E-state index is -4.49. The summed E-state index contributed by atoms with van der Waals surface area (Å²) >= 11 is 0. The summed E-state index contributed by atoms with van der Waals surface area (Å²) in [5.41, 5.74) is 0.425. The third kappa shape index (κ3) is 5.60. The standard InChI is InChI=1S/C24H29F3N2O2.2ClH/c1-23(24(25,26)27)19-13-18(21(30-2)14-17(19)10-12-31-23)15-29-20-9-6-11-28-22(20)16-7-4-3-5-8-16;;/h3-5,7-8,13-14,20,22,28-29H,6,9-12,15H2,1-2H3;2*1H. The van der Waals surface area contributed by atoms with Crippen LogP contribution in [0.25, 0.3) is 0 Å². The van der Waals surface area contributed by atoms with Crippen LogP contribution in [0.15, 0.2) is 42.5 Å². The van der Waals surface area contributed by atoms with E-state index < -0.39 is 11.8 Å². The van der Waals surface area contributed by atoms with Gasteiger partial charge in [-0.3, -0.25) is 0 Å². The molecular formula is C24H31Cl2F3N2O2. The normalized spacial score (nSPS) is 24.8. The highest BCUT2D eigenvalue weighted by molar-refractivity contribution is 5.85. The van der Waals surface area contributed by atoms with Gasteiger partial charge in [-0.2, -0.15) is 13.2 Å². The Kier molecular flexibility index (Phi) is 9.48. The van der Waals surface area contributed by atoms with Crippen molar-refractivity contribution in [3.05, 3.63) is 64.7 Å². The lowest BCUT2D eigenvalue weighted by molar-refractivity contribution is -0.281. The SMILES string of the molecule is COc1cc2c(cc1CNC1CCCNC1c1ccccc1)C(C)(C(F)(F)F)OCC2.Cl.Cl. The molecule has 2 aliphatic heterocycles. The van der Waals surface area contributed by atoms with Crippen molar-refractivity contribution in [3.8, 4) is 5.75 Å². The van der Waals surface area contributed by atoms with E-state index in [9.17, 15) is 13.2 Å². The average Bonchev–Trinajstić information content (AvgIpc) is 2.77. The van der Waals surface area contributed by atoms with E-state index >= 15 is 0 Å². The maximum absolute atomic E-state index is 13.9. The molecule has 0 radical (unpaired) electrons. The lowest BCUT2D eigenvalue weighted by atomic mass is 9.85. The molecule has 184 valence electrons. The fourth-order valence-corrected chi connectivity index (χ4v) is 4.68. The summed E-state index contributed by atoms with van der Waals surface area (Å²) in [5, 5.41) is 7.14. The second kappa shape index (κ2) is 11.3. The zero-order chi connectivity index (χ0) is 22.1. The summed E-state index contributed by atoms with van der Waals surface area (Å²) in [6, 6.07) is 13.9. The van der Waals surface area contributed by atoms with E-state index in [4.69, 9.17) is 9.47 Å². The molecule has 0 aromatic heterocycles. The number of alkyl halides is 3. The molecule has 9 heteroatoms. The van der Waals surface area contributed by atoms with Crippen molar-refractivity contribution < 1.29 is 22.6 Å². The Morgan fingerprint density at radius 3 is 2.58 bits per heavy atom. The highest BCUT2D eigenvalue weighted by atomic mass is 35.5. The molecule has 3 atom stereocenters. The molecule has 4 nitrogen and oxygen atoms in total. The van der Waals surface area contributed by atoms with Crippen LogP contribution in [0.3, 0.4) is 0 Å². The van der Waals surface area contributed by atoms with Gasteiger partial charge in [-0.15, -0.1) is 24.8 Å². The first kappa shape index (κ1) is 27.7. The minimum absolute atomic E-state index is 0. The van der Waals surface area contributed by atoms with Crippen LogP contribution in [0.2, 0.25) is 0 Å². The van der Waals surface area contributed by atoms with E-state index in [2.05, 4.69) is 22.8 Å². The van der Waals surface area contributed by atoms with Crippen LogP contribution >= 0.6 is 24.8 Å². The van der Waals surface area contributed by atoms with Crippen molar-refractivity contribution >= 4 is 24.8 Å². The quantitative estimate of drug-likeness (QED) is 0.563. The van der Waals surface area contributed by atoms with Crippen molar-refractivity contribution in [2.24, 2.45) is 0 Å². The van der Waals surface area contributed by atoms with Crippen LogP contribution < -0.4 is 15.4 Å². The molecule has 4 rings (SSSR count). The number of nitrogens with one attached hydrogen (secondary N) is 2. The summed E-state index contributed by atoms with van der Waals surface area (Å²) in [7, 11) is 1.56. The molecule has 1 fully saturated rings. The summed E-state index contributed by atoms with van der Waals surface area (Å²) < 4.78 is 52.4. The largest absolute Gasteiger partial charge is 0.496 e. The molecular weight excluding hydrogens is 476 g/mol. The van der Waals surface area contributed by atoms with Crippen molar-refractivity contribution in [3.63, 3.8) is 0 Å². The first-order chi connectivity index (χ1) is 14.8. The smallest absolute Gasteiger partial charge is 0.421 e. The average molecular weight is 507 g/mol. The highest BCUT2D eigenvalue weighted by Gasteiger charge is 2.55. The van der Waals surface area contributed by atoms with Gasteiger partial charge in [0.2, 0.25) is 0 Å². The van der Waals surface area contributed by atoms with Crippen LogP contribution in [-0.4, -0.2) is 32.5 Å². The number of halogens is 5. The van der Waals surface area contributed by atoms with E-state index in [0.29, 0.717) is 29.8 Å². The van der Waals surface area contributed by atoms with Gasteiger partial charge in [0.1, 0.15) is 5.75 Å². The van der Waals surface area contributed by atoms with Crippen LogP contribution in [0.5, 0.6) is 5.75 Å². The molecule has 2 aromatic carbocycles. The third-order valence-electron chi connectivity index (χ3n) is 6.50. The molecule has 3 unspecified atom stereocenters. The zero-order valence-electron chi connectivity index (χ0n) is 18.7. The second-order valence-electron chi connectivity index (χ2n) is 8.42. The van der Waals surface area contributed by atoms with Gasteiger partial charge in [0.15, 0.2) is 5.60 Å². The van der Waals surface area contributed by atoms with Crippen molar-refractivity contribution in [2.75, 3.05) is 20.3 Å². The molecule has 0 saturated carbocycles. The monoisotopic (exact) mass is 506 g/mol. The van der Waals surface area contributed by atoms with Crippen LogP contribution in [-0.2, 0) is 23.3 Å². The summed E-state index contributed by atoms with van der Waals surface area (Å²) in [4.78, 5) is 0. The van der Waals surface area contributed by atoms with Gasteiger partial charge < -0.3 is 20.1 Å². The number of hydrogen-bond donors (Lipinski definition) is 2. The number of rotatable bonds is 5. The van der Waals surface area contributed by atoms with Crippen molar-refractivity contribution in [2.45, 2.75) is 56.6 Å². The van der Waals surface area contributed by atoms with Gasteiger partial charge in [0.25, 0.3) is 0 Å². The van der Waals surface area contributed by atoms with E-state index in [0.717, 1.165) is 26.3 Å². The molecule has 2 N–H and O–H groups in total. The summed E-state index contributed by atoms with van der Waals surface area (Å²) in [6.07, 6.45) is -2.02. The minimum Gasteiger partial charge on any atom is -0.496 e. The van der Waals surface area contributed by atoms with Gasteiger partial charge in [-0.1, -0.05) is 30.3 Å². The molecule has 0 aliphatic carbocycles. The molecule has 33 heavy (non-hydrogen) atoms. The van der Waals surface area contributed by atoms with Gasteiger partial charge in [0, 0.05) is 24.2 Å². The Bertz CT molecular complexity index is 915. The van der Waals surface area contributed by atoms with E-state index in [1.54, 1.807) is 19.2 Å². The third-order valence-corrected chi connectivity index (χ3v) is 6.50. The summed E-state index contributed by atoms with van der Waals surface area (Å²) in [5.74, 6) is 0.609. The Hall–Kier alpha value is -1.51. The number of ether oxygens (including phenoxy) is 2. The molecule has 0 amide bonds. The maximum atomic E-state index is 13.9. The van der Waals surface area contributed by atoms with E-state index in [1.807, 2.05) is 18.2 Å². The van der Waals surface area contributed by atoms with Crippen LogP contribution in [0.4, 0.5) is 13.2 Å². The molecule has 2 aliphatic rings. The van der Waals surface area contributed by atoms with E-state index in [-0.39, 0.29) is 49.1 Å². The lowest BCUT2D eigenvalue weighted by Crippen LogP contribution is -2.46. The van der Waals surface area contributed by atoms with E-state index in [1.165, 1.54) is 5.56 Å². The van der Waals surface area contributed by atoms with Crippen molar-refractivity contribution in [1.82, 2.24) is 10.6 Å². The zero-order valence-corrected chi connectivity index (χ0v) is 20.3. The number of piperidine rings is 1. The van der Waals surface area contributed by atoms with Crippen LogP contribution in [0.1, 0.15) is 48.1 Å². The number of hydrogen-bond acceptors (Lipinski definition) is 4. The molecule has 2 aromatic rings. The number of fused-ring (bicyclic) bond motifs is 1. The van der Waals surface area contributed by atoms with Gasteiger partial charge in [-0.25, -0.2) is 0 Å². The Morgan fingerprint density at radius 1 is 1.18 bits per heavy atom. The first-order valence-corrected chi connectivity index (χ1v) is 10.8. The molecule has 1 saturated heterocycles. The molecule has 0 bridgehead atoms. The highest BCUT2D eigenvalue weighted by Crippen LogP contribution is 2.47. The Morgan fingerprint density at radius 2 is 1.91 bits per heavy atom. The number of benzene rings is 2. The van der Waals surface area contributed by atoms with Crippen LogP contribution in [0, 0.1) is 0 Å². The fourth-order valence-electron chi connectivity index (χ4n) is 4.68. The summed E-state index contributed by atoms with van der Waals surface area (Å²) in [6.45, 7) is 2.52. The molecule has 0 spiro atoms. The van der Waals surface area contributed by atoms with Gasteiger partial charge in [0.05, 0.1) is 13.7 Å². The maximum Gasteiger partial charge on any atom is 0.421 e. The first-order valence-electron chi connectivity index (χ1n) is 10.8.